The average Bonchev–Trinajstić information content (AvgIpc) is 3.71. The van der Waals surface area contributed by atoms with Gasteiger partial charge in [0.1, 0.15) is 31.1 Å². The summed E-state index contributed by atoms with van der Waals surface area (Å²) in [5.41, 5.74) is 5.79. The van der Waals surface area contributed by atoms with Crippen LogP contribution in [0.1, 0.15) is 37.5 Å². The Hall–Kier alpha value is -3.97. The number of esters is 1. The number of anilines is 1. The number of nitrogen functional groups attached to an aromatic ring is 1. The zero-order valence-corrected chi connectivity index (χ0v) is 21.3. The van der Waals surface area contributed by atoms with Crippen molar-refractivity contribution in [1.29, 1.82) is 0 Å². The number of carbonyl (C=O) groups is 3. The molecule has 2 aromatic rings. The third-order valence-electron chi connectivity index (χ3n) is 7.04. The van der Waals surface area contributed by atoms with E-state index in [0.29, 0.717) is 38.8 Å². The molecule has 3 aliphatic heterocycles. The van der Waals surface area contributed by atoms with Crippen LogP contribution < -0.4 is 11.4 Å². The van der Waals surface area contributed by atoms with Crippen LogP contribution in [0.4, 0.5) is 10.6 Å². The summed E-state index contributed by atoms with van der Waals surface area (Å²) in [5.74, 6) is -0.757. The summed E-state index contributed by atoms with van der Waals surface area (Å²) in [6.07, 6.45) is 1.57. The number of nitrogens with zero attached hydrogens (tertiary/aromatic N) is 4. The van der Waals surface area contributed by atoms with Crippen LogP contribution in [0.5, 0.6) is 0 Å². The van der Waals surface area contributed by atoms with E-state index in [0.717, 1.165) is 5.56 Å². The molecule has 3 aliphatic rings. The van der Waals surface area contributed by atoms with Gasteiger partial charge >= 0.3 is 17.8 Å². The van der Waals surface area contributed by atoms with Gasteiger partial charge < -0.3 is 29.6 Å². The van der Waals surface area contributed by atoms with Crippen molar-refractivity contribution in [2.24, 2.45) is 0 Å². The lowest BCUT2D eigenvalue weighted by Gasteiger charge is -2.30. The molecule has 0 bridgehead atoms. The van der Waals surface area contributed by atoms with E-state index in [1.54, 1.807) is 0 Å². The van der Waals surface area contributed by atoms with E-state index in [9.17, 15) is 19.2 Å². The van der Waals surface area contributed by atoms with Crippen molar-refractivity contribution in [3.05, 3.63) is 58.6 Å². The second-order valence-corrected chi connectivity index (χ2v) is 9.61. The zero-order valence-electron chi connectivity index (χ0n) is 21.3. The summed E-state index contributed by atoms with van der Waals surface area (Å²) in [4.78, 5) is 57.8. The molecule has 0 unspecified atom stereocenters. The van der Waals surface area contributed by atoms with E-state index in [1.807, 2.05) is 30.3 Å². The number of hydrogen-bond donors (Lipinski definition) is 1. The molecule has 3 fully saturated rings. The largest absolute Gasteiger partial charge is 0.459 e. The number of hydrogen-bond acceptors (Lipinski definition) is 10. The van der Waals surface area contributed by atoms with Crippen molar-refractivity contribution in [2.45, 2.75) is 56.9 Å². The van der Waals surface area contributed by atoms with Crippen LogP contribution in [-0.2, 0) is 35.1 Å². The number of amides is 2. The monoisotopic (exact) mass is 541 g/mol. The summed E-state index contributed by atoms with van der Waals surface area (Å²) in [7, 11) is 0. The normalized spacial score (nSPS) is 24.6. The number of benzene rings is 1. The first kappa shape index (κ1) is 26.6. The molecule has 1 aromatic carbocycles. The number of likely N-dealkylation sites (tertiary alicyclic amines) is 2. The highest BCUT2D eigenvalue weighted by molar-refractivity contribution is 5.90. The number of rotatable bonds is 7. The fourth-order valence-electron chi connectivity index (χ4n) is 5.08. The Labute approximate surface area is 224 Å². The first-order valence-corrected chi connectivity index (χ1v) is 13.0. The average molecular weight is 542 g/mol. The van der Waals surface area contributed by atoms with Gasteiger partial charge in [0.2, 0.25) is 5.91 Å². The molecule has 0 aliphatic carbocycles. The lowest BCUT2D eigenvalue weighted by Crippen LogP contribution is -2.51. The summed E-state index contributed by atoms with van der Waals surface area (Å²) in [6.45, 7) is 0.794. The van der Waals surface area contributed by atoms with Crippen LogP contribution in [0.2, 0.25) is 0 Å². The minimum atomic E-state index is -0.876. The molecule has 2 amide bonds. The fraction of sp³-hybridized carbons (Fsp3) is 0.500. The number of carbonyl (C=O) groups excluding carboxylic acids is 3. The van der Waals surface area contributed by atoms with E-state index < -0.39 is 42.4 Å². The lowest BCUT2D eigenvalue weighted by molar-refractivity contribution is -0.166. The molecule has 3 saturated heterocycles. The predicted molar refractivity (Wildman–Crippen MR) is 135 cm³/mol. The van der Waals surface area contributed by atoms with Gasteiger partial charge in [0.25, 0.3) is 0 Å². The van der Waals surface area contributed by atoms with Crippen molar-refractivity contribution >= 4 is 23.8 Å². The summed E-state index contributed by atoms with van der Waals surface area (Å²) < 4.78 is 23.3. The van der Waals surface area contributed by atoms with E-state index in [1.165, 1.54) is 26.6 Å². The van der Waals surface area contributed by atoms with Gasteiger partial charge in [-0.25, -0.2) is 14.4 Å². The van der Waals surface area contributed by atoms with Gasteiger partial charge in [0.05, 0.1) is 6.61 Å². The van der Waals surface area contributed by atoms with E-state index in [2.05, 4.69) is 4.98 Å². The van der Waals surface area contributed by atoms with Gasteiger partial charge in [0, 0.05) is 19.3 Å². The van der Waals surface area contributed by atoms with E-state index in [4.69, 9.17) is 24.7 Å². The molecule has 13 heteroatoms. The molecule has 39 heavy (non-hydrogen) atoms. The highest BCUT2D eigenvalue weighted by Gasteiger charge is 2.43. The fourth-order valence-corrected chi connectivity index (χ4v) is 5.08. The van der Waals surface area contributed by atoms with Gasteiger partial charge in [-0.05, 0) is 37.3 Å². The molecule has 0 spiro atoms. The minimum Gasteiger partial charge on any atom is -0.459 e. The third kappa shape index (κ3) is 6.04. The van der Waals surface area contributed by atoms with Crippen molar-refractivity contribution in [3.8, 4) is 0 Å². The van der Waals surface area contributed by atoms with Gasteiger partial charge in [0.15, 0.2) is 12.5 Å². The topological polar surface area (TPSA) is 156 Å². The molecule has 4 atom stereocenters. The Morgan fingerprint density at radius 3 is 2.51 bits per heavy atom. The van der Waals surface area contributed by atoms with Crippen molar-refractivity contribution < 1.29 is 33.3 Å². The van der Waals surface area contributed by atoms with Crippen molar-refractivity contribution in [3.63, 3.8) is 0 Å². The van der Waals surface area contributed by atoms with E-state index >= 15 is 0 Å². The number of aromatic nitrogens is 2. The quantitative estimate of drug-likeness (QED) is 0.503. The minimum absolute atomic E-state index is 0.0691. The Kier molecular flexibility index (Phi) is 8.07. The van der Waals surface area contributed by atoms with Gasteiger partial charge in [-0.15, -0.1) is 0 Å². The van der Waals surface area contributed by atoms with Gasteiger partial charge in [-0.2, -0.15) is 4.98 Å². The van der Waals surface area contributed by atoms with Crippen LogP contribution >= 0.6 is 0 Å². The summed E-state index contributed by atoms with van der Waals surface area (Å²) in [5, 5.41) is 0. The molecule has 4 heterocycles. The molecular weight excluding hydrogens is 510 g/mol. The van der Waals surface area contributed by atoms with Crippen LogP contribution in [0.15, 0.2) is 47.4 Å². The van der Waals surface area contributed by atoms with Gasteiger partial charge in [-0.1, -0.05) is 30.3 Å². The molecule has 1 aromatic heterocycles. The maximum atomic E-state index is 13.4. The summed E-state index contributed by atoms with van der Waals surface area (Å²) in [6, 6.07) is 9.34. The molecule has 13 nitrogen and oxygen atoms in total. The number of ether oxygens (including phenoxy) is 4. The van der Waals surface area contributed by atoms with Crippen molar-refractivity contribution in [2.75, 3.05) is 32.0 Å². The number of nitrogens with two attached hydrogens (primary N) is 1. The Bertz CT molecular complexity index is 1250. The Morgan fingerprint density at radius 1 is 1.00 bits per heavy atom. The second kappa shape index (κ2) is 11.8. The standard InChI is InChI=1S/C26H31N5O8/c27-20-10-13-31(25(34)28-20)21-15-36-22(39-21)16-37-24(33)19-9-5-11-29(19)23(32)18-8-4-12-30(18)26(35)38-14-17-6-2-1-3-7-17/h1-3,6-7,10,13,18-19,21-22H,4-5,8-9,11-12,14-16H2,(H2,27,28,34)/t18-,19-,21-,22-/m0/s1. The molecule has 208 valence electrons. The highest BCUT2D eigenvalue weighted by Crippen LogP contribution is 2.27. The molecule has 0 radical (unpaired) electrons. The maximum Gasteiger partial charge on any atom is 0.410 e. The van der Waals surface area contributed by atoms with Crippen LogP contribution in [0, 0.1) is 0 Å². The van der Waals surface area contributed by atoms with Gasteiger partial charge in [-0.3, -0.25) is 14.3 Å². The second-order valence-electron chi connectivity index (χ2n) is 9.61. The first-order valence-electron chi connectivity index (χ1n) is 13.0. The zero-order chi connectivity index (χ0) is 27.4. The molecular formula is C26H31N5O8. The summed E-state index contributed by atoms with van der Waals surface area (Å²) >= 11 is 0. The van der Waals surface area contributed by atoms with Crippen LogP contribution in [-0.4, -0.2) is 82.0 Å². The Morgan fingerprint density at radius 2 is 1.74 bits per heavy atom. The van der Waals surface area contributed by atoms with E-state index in [-0.39, 0.29) is 31.5 Å². The molecule has 2 N–H and O–H groups in total. The first-order chi connectivity index (χ1) is 18.9. The highest BCUT2D eigenvalue weighted by atomic mass is 16.7. The maximum absolute atomic E-state index is 13.4. The van der Waals surface area contributed by atoms with Crippen LogP contribution in [0.25, 0.3) is 0 Å². The molecule has 0 saturated carbocycles. The lowest BCUT2D eigenvalue weighted by atomic mass is 10.1. The SMILES string of the molecule is Nc1ccn([C@@H]2CO[C@H](COC(=O)[C@@H]3CCCN3C(=O)[C@@H]3CCCN3C(=O)OCc3ccccc3)O2)c(=O)n1. The third-order valence-corrected chi connectivity index (χ3v) is 7.04. The molecule has 5 rings (SSSR count). The Balaban J connectivity index is 1.13. The van der Waals surface area contributed by atoms with Crippen LogP contribution in [0.3, 0.4) is 0 Å². The smallest absolute Gasteiger partial charge is 0.410 e. The predicted octanol–water partition coefficient (Wildman–Crippen LogP) is 1.03. The van der Waals surface area contributed by atoms with Crippen molar-refractivity contribution in [1.82, 2.24) is 19.4 Å².